The highest BCUT2D eigenvalue weighted by Crippen LogP contribution is 2.19. The van der Waals surface area contributed by atoms with E-state index >= 15 is 0 Å². The molecule has 2 N–H and O–H groups in total. The van der Waals surface area contributed by atoms with Crippen molar-refractivity contribution in [3.05, 3.63) is 69.8 Å². The zero-order chi connectivity index (χ0) is 22.2. The highest BCUT2D eigenvalue weighted by Gasteiger charge is 2.13. The van der Waals surface area contributed by atoms with Crippen molar-refractivity contribution < 1.29 is 19.2 Å². The van der Waals surface area contributed by atoms with Crippen molar-refractivity contribution in [2.45, 2.75) is 19.9 Å². The van der Waals surface area contributed by atoms with Crippen LogP contribution in [0.3, 0.4) is 0 Å². The number of carbonyl (C=O) groups excluding carboxylic acids is 2. The maximum absolute atomic E-state index is 11.9. The lowest BCUT2D eigenvalue weighted by Gasteiger charge is -2.09. The third kappa shape index (κ3) is 6.06. The Bertz CT molecular complexity index is 1100. The zero-order valence-electron chi connectivity index (χ0n) is 16.5. The van der Waals surface area contributed by atoms with E-state index < -0.39 is 16.9 Å². The molecule has 0 unspecified atom stereocenters. The zero-order valence-corrected chi connectivity index (χ0v) is 16.5. The molecule has 0 radical (unpaired) electrons. The number of nitro benzene ring substituents is 1. The van der Waals surface area contributed by atoms with Gasteiger partial charge in [0.25, 0.3) is 11.6 Å². The number of ether oxygens (including phenoxy) is 1. The van der Waals surface area contributed by atoms with Crippen molar-refractivity contribution in [2.24, 2.45) is 0 Å². The normalized spacial score (nSPS) is 10.4. The number of rotatable bonds is 7. The molecule has 1 heterocycles. The van der Waals surface area contributed by atoms with Crippen molar-refractivity contribution in [1.82, 2.24) is 31.1 Å². The largest absolute Gasteiger partial charge is 0.448 e. The number of nitrogens with one attached hydrogen (secondary N) is 2. The molecule has 31 heavy (non-hydrogen) atoms. The maximum atomic E-state index is 11.9. The lowest BCUT2D eigenvalue weighted by Crippen LogP contribution is -2.43. The molecular formula is C19H19N7O5. The number of carbonyl (C=O) groups is 2. The number of amides is 2. The number of nitro groups is 1. The van der Waals surface area contributed by atoms with Gasteiger partial charge in [-0.1, -0.05) is 36.4 Å². The van der Waals surface area contributed by atoms with Gasteiger partial charge >= 0.3 is 6.09 Å². The van der Waals surface area contributed by atoms with Gasteiger partial charge in [0, 0.05) is 24.1 Å². The molecule has 0 fully saturated rings. The molecule has 0 aliphatic rings. The Morgan fingerprint density at radius 1 is 1.16 bits per heavy atom. The van der Waals surface area contributed by atoms with Crippen LogP contribution in [-0.4, -0.2) is 43.7 Å². The van der Waals surface area contributed by atoms with Crippen LogP contribution in [0.5, 0.6) is 0 Å². The van der Waals surface area contributed by atoms with Gasteiger partial charge in [-0.25, -0.2) is 10.2 Å². The average molecular weight is 425 g/mol. The van der Waals surface area contributed by atoms with E-state index in [0.717, 1.165) is 15.9 Å². The average Bonchev–Trinajstić information content (AvgIpc) is 3.22. The number of benzene rings is 2. The Labute approximate surface area is 176 Å². The molecule has 3 aromatic rings. The minimum absolute atomic E-state index is 0.114. The van der Waals surface area contributed by atoms with Gasteiger partial charge in [-0.15, -0.1) is 10.2 Å². The summed E-state index contributed by atoms with van der Waals surface area (Å²) in [6, 6.07) is 13.5. The molecule has 0 spiro atoms. The van der Waals surface area contributed by atoms with Crippen LogP contribution in [0.1, 0.15) is 11.1 Å². The first-order valence-corrected chi connectivity index (χ1v) is 9.21. The summed E-state index contributed by atoms with van der Waals surface area (Å²) in [5, 5.41) is 22.4. The fourth-order valence-electron chi connectivity index (χ4n) is 2.65. The summed E-state index contributed by atoms with van der Waals surface area (Å²) in [6.45, 7) is 1.80. The second kappa shape index (κ2) is 9.91. The summed E-state index contributed by atoms with van der Waals surface area (Å²) < 4.78 is 5.02. The van der Waals surface area contributed by atoms with Gasteiger partial charge in [0.1, 0.15) is 6.54 Å². The number of non-ortho nitro benzene ring substituents is 1. The lowest BCUT2D eigenvalue weighted by atomic mass is 10.1. The topological polar surface area (TPSA) is 154 Å². The van der Waals surface area contributed by atoms with E-state index in [0.29, 0.717) is 12.0 Å². The van der Waals surface area contributed by atoms with Crippen molar-refractivity contribution in [3.8, 4) is 11.4 Å². The van der Waals surface area contributed by atoms with Crippen molar-refractivity contribution >= 4 is 17.7 Å². The first kappa shape index (κ1) is 21.4. The molecule has 0 aliphatic heterocycles. The predicted octanol–water partition coefficient (Wildman–Crippen LogP) is 1.56. The van der Waals surface area contributed by atoms with E-state index in [1.165, 1.54) is 18.2 Å². The summed E-state index contributed by atoms with van der Waals surface area (Å²) in [7, 11) is 0. The number of aryl methyl sites for hydroxylation is 1. The number of tetrazole rings is 1. The van der Waals surface area contributed by atoms with E-state index in [1.54, 1.807) is 6.07 Å². The van der Waals surface area contributed by atoms with Crippen LogP contribution in [0.2, 0.25) is 0 Å². The smallest absolute Gasteiger partial charge is 0.426 e. The van der Waals surface area contributed by atoms with Crippen LogP contribution < -0.4 is 10.9 Å². The van der Waals surface area contributed by atoms with Crippen LogP contribution in [0.25, 0.3) is 11.4 Å². The molecule has 12 nitrogen and oxygen atoms in total. The SMILES string of the molecule is Cc1ccccc1CCOC(=O)NNC(=O)Cn1nnc(-c2cccc([N+](=O)[O-])c2)n1. The highest BCUT2D eigenvalue weighted by molar-refractivity contribution is 5.78. The van der Waals surface area contributed by atoms with Crippen LogP contribution in [0, 0.1) is 17.0 Å². The number of hydrazine groups is 1. The van der Waals surface area contributed by atoms with Crippen LogP contribution in [0.15, 0.2) is 48.5 Å². The molecule has 0 saturated heterocycles. The first-order valence-electron chi connectivity index (χ1n) is 9.21. The Morgan fingerprint density at radius 2 is 1.97 bits per heavy atom. The maximum Gasteiger partial charge on any atom is 0.426 e. The Kier molecular flexibility index (Phi) is 6.83. The number of nitrogens with zero attached hydrogens (tertiary/aromatic N) is 5. The summed E-state index contributed by atoms with van der Waals surface area (Å²) >= 11 is 0. The van der Waals surface area contributed by atoms with Gasteiger partial charge in [0.05, 0.1) is 11.5 Å². The monoisotopic (exact) mass is 425 g/mol. The summed E-state index contributed by atoms with van der Waals surface area (Å²) in [5.74, 6) is -0.487. The molecule has 0 atom stereocenters. The molecule has 0 bridgehead atoms. The van der Waals surface area contributed by atoms with Crippen LogP contribution in [-0.2, 0) is 22.5 Å². The van der Waals surface area contributed by atoms with Gasteiger partial charge in [-0.3, -0.25) is 20.3 Å². The van der Waals surface area contributed by atoms with Crippen LogP contribution in [0.4, 0.5) is 10.5 Å². The molecular weight excluding hydrogens is 406 g/mol. The van der Waals surface area contributed by atoms with Gasteiger partial charge < -0.3 is 4.74 Å². The standard InChI is InChI=1S/C19H19N7O5/c1-13-5-2-3-6-14(13)9-10-31-19(28)22-20-17(27)12-25-23-18(21-24-25)15-7-4-8-16(11-15)26(29)30/h2-8,11H,9-10,12H2,1H3,(H,20,27)(H,22,28). The molecule has 0 aliphatic carbocycles. The molecule has 2 amide bonds. The molecule has 3 rings (SSSR count). The second-order valence-electron chi connectivity index (χ2n) is 6.44. The summed E-state index contributed by atoms with van der Waals surface area (Å²) in [5.41, 5.74) is 6.76. The Balaban J connectivity index is 1.44. The van der Waals surface area contributed by atoms with E-state index in [1.807, 2.05) is 31.2 Å². The molecule has 160 valence electrons. The second-order valence-corrected chi connectivity index (χ2v) is 6.44. The molecule has 1 aromatic heterocycles. The van der Waals surface area contributed by atoms with Gasteiger partial charge in [-0.05, 0) is 23.3 Å². The van der Waals surface area contributed by atoms with Crippen molar-refractivity contribution in [1.29, 1.82) is 0 Å². The minimum atomic E-state index is -0.800. The van der Waals surface area contributed by atoms with Crippen molar-refractivity contribution in [3.63, 3.8) is 0 Å². The predicted molar refractivity (Wildman–Crippen MR) is 107 cm³/mol. The van der Waals surface area contributed by atoms with E-state index in [-0.39, 0.29) is 24.7 Å². The van der Waals surface area contributed by atoms with E-state index in [2.05, 4.69) is 26.3 Å². The third-order valence-electron chi connectivity index (χ3n) is 4.22. The molecule has 2 aromatic carbocycles. The van der Waals surface area contributed by atoms with Gasteiger partial charge in [0.2, 0.25) is 5.82 Å². The number of hydrogen-bond acceptors (Lipinski definition) is 8. The lowest BCUT2D eigenvalue weighted by molar-refractivity contribution is -0.384. The summed E-state index contributed by atoms with van der Waals surface area (Å²) in [6.07, 6.45) is -0.247. The molecule has 0 saturated carbocycles. The van der Waals surface area contributed by atoms with Crippen LogP contribution >= 0.6 is 0 Å². The summed E-state index contributed by atoms with van der Waals surface area (Å²) in [4.78, 5) is 35.0. The van der Waals surface area contributed by atoms with Gasteiger partial charge in [0.15, 0.2) is 0 Å². The number of aromatic nitrogens is 4. The quantitative estimate of drug-likeness (QED) is 0.427. The van der Waals surface area contributed by atoms with E-state index in [9.17, 15) is 19.7 Å². The third-order valence-corrected chi connectivity index (χ3v) is 4.22. The Morgan fingerprint density at radius 3 is 2.74 bits per heavy atom. The highest BCUT2D eigenvalue weighted by atomic mass is 16.6. The van der Waals surface area contributed by atoms with Crippen molar-refractivity contribution in [2.75, 3.05) is 6.61 Å². The van der Waals surface area contributed by atoms with E-state index in [4.69, 9.17) is 4.74 Å². The number of hydrogen-bond donors (Lipinski definition) is 2. The Hall–Kier alpha value is -4.35. The fraction of sp³-hybridized carbons (Fsp3) is 0.211. The first-order chi connectivity index (χ1) is 14.9. The minimum Gasteiger partial charge on any atom is -0.448 e. The fourth-order valence-corrected chi connectivity index (χ4v) is 2.65. The molecule has 12 heteroatoms. The van der Waals surface area contributed by atoms with Gasteiger partial charge in [-0.2, -0.15) is 4.80 Å².